The van der Waals surface area contributed by atoms with Gasteiger partial charge in [-0.15, -0.1) is 0 Å². The van der Waals surface area contributed by atoms with Crippen molar-refractivity contribution in [3.8, 4) is 11.3 Å². The summed E-state index contributed by atoms with van der Waals surface area (Å²) in [6.07, 6.45) is 22.3. The number of allylic oxidation sites excluding steroid dienone is 10. The molecule has 0 saturated carbocycles. The van der Waals surface area contributed by atoms with Crippen LogP contribution in [0, 0.1) is 6.92 Å². The number of aryl methyl sites for hydroxylation is 1. The second-order valence-corrected chi connectivity index (χ2v) is 12.6. The minimum Gasteiger partial charge on any atom is -0.380 e. The second kappa shape index (κ2) is 21.7. The van der Waals surface area contributed by atoms with Crippen LogP contribution in [0.25, 0.3) is 17.3 Å². The number of nitrogens with one attached hydrogen (secondary N) is 1. The standard InChI is InChI=1S/C26H27ClN2O.C14H18F3NOS/c1-4-5-6-7-8-9-26-28-25(24-15-14-23(27)16-20(24)2)18-29(26)17-21-10-12-22(13-11-21)19-30-3;1-5-7-9-13(18-20(19)14(15,16)17)10-12(4)11(3)8-6-2/h4-6,8-16,18H,1,7,17,19H2,2-3H3;5-10,13,18H,1,3H2,2,4H3/b6-5+,9-8?;8-6-,9-7?,12-10+. The number of ether oxygens (including phenoxy) is 1. The van der Waals surface area contributed by atoms with Crippen molar-refractivity contribution >= 4 is 28.7 Å². The van der Waals surface area contributed by atoms with Crippen LogP contribution in [0.4, 0.5) is 13.2 Å². The minimum absolute atomic E-state index is 0.623. The fourth-order valence-electron chi connectivity index (χ4n) is 4.49. The van der Waals surface area contributed by atoms with E-state index in [4.69, 9.17) is 21.3 Å². The Hall–Kier alpha value is -4.28. The highest BCUT2D eigenvalue weighted by atomic mass is 35.5. The van der Waals surface area contributed by atoms with Crippen molar-refractivity contribution in [3.05, 3.63) is 168 Å². The minimum atomic E-state index is -4.80. The normalized spacial score (nSPS) is 13.6. The average Bonchev–Trinajstić information content (AvgIpc) is 3.46. The van der Waals surface area contributed by atoms with E-state index < -0.39 is 22.5 Å². The van der Waals surface area contributed by atoms with Crippen LogP contribution in [0.15, 0.2) is 140 Å². The lowest BCUT2D eigenvalue weighted by Gasteiger charge is -2.13. The molecule has 0 bridgehead atoms. The molecule has 0 radical (unpaired) electrons. The first-order valence-electron chi connectivity index (χ1n) is 15.7. The Kier molecular flexibility index (Phi) is 18.2. The van der Waals surface area contributed by atoms with E-state index in [-0.39, 0.29) is 0 Å². The summed E-state index contributed by atoms with van der Waals surface area (Å²) in [6.45, 7) is 17.9. The van der Waals surface area contributed by atoms with E-state index in [1.807, 2.05) is 35.9 Å². The lowest BCUT2D eigenvalue weighted by Crippen LogP contribution is -2.36. The Balaban J connectivity index is 0.000000380. The van der Waals surface area contributed by atoms with Gasteiger partial charge in [0, 0.05) is 30.4 Å². The zero-order valence-corrected chi connectivity index (χ0v) is 30.5. The van der Waals surface area contributed by atoms with Crippen LogP contribution >= 0.6 is 11.6 Å². The molecule has 3 aromatic rings. The second-order valence-electron chi connectivity index (χ2n) is 11.0. The molecule has 50 heavy (non-hydrogen) atoms. The summed E-state index contributed by atoms with van der Waals surface area (Å²) in [5, 5.41) is 0.737. The van der Waals surface area contributed by atoms with Gasteiger partial charge in [0.15, 0.2) is 11.0 Å². The van der Waals surface area contributed by atoms with Crippen LogP contribution < -0.4 is 4.72 Å². The number of nitrogens with zero attached hydrogens (tertiary/aromatic N) is 2. The van der Waals surface area contributed by atoms with E-state index in [0.717, 1.165) is 40.6 Å². The molecular formula is C40H45ClF3N3O2S. The fourth-order valence-corrected chi connectivity index (χ4v) is 5.25. The maximum Gasteiger partial charge on any atom is 0.485 e. The molecule has 3 rings (SSSR count). The molecule has 10 heteroatoms. The molecule has 2 aromatic carbocycles. The Morgan fingerprint density at radius 3 is 2.38 bits per heavy atom. The smallest absolute Gasteiger partial charge is 0.380 e. The van der Waals surface area contributed by atoms with E-state index in [2.05, 4.69) is 79.9 Å². The Morgan fingerprint density at radius 2 is 1.78 bits per heavy atom. The molecular weight excluding hydrogens is 679 g/mol. The first-order chi connectivity index (χ1) is 23.8. The van der Waals surface area contributed by atoms with Crippen molar-refractivity contribution in [2.24, 2.45) is 0 Å². The van der Waals surface area contributed by atoms with Gasteiger partial charge >= 0.3 is 5.51 Å². The first-order valence-corrected chi connectivity index (χ1v) is 17.2. The van der Waals surface area contributed by atoms with Gasteiger partial charge < -0.3 is 9.30 Å². The van der Waals surface area contributed by atoms with E-state index >= 15 is 0 Å². The third-order valence-electron chi connectivity index (χ3n) is 6.98. The molecule has 0 amide bonds. The zero-order valence-electron chi connectivity index (χ0n) is 28.9. The number of aromatic nitrogens is 2. The van der Waals surface area contributed by atoms with Crippen LogP contribution in [0.1, 0.15) is 42.8 Å². The lowest BCUT2D eigenvalue weighted by molar-refractivity contribution is -0.0395. The molecule has 0 aliphatic rings. The molecule has 0 aliphatic heterocycles. The van der Waals surface area contributed by atoms with Gasteiger partial charge in [-0.2, -0.15) is 13.2 Å². The third-order valence-corrected chi connectivity index (χ3v) is 8.12. The number of methoxy groups -OCH3 is 1. The van der Waals surface area contributed by atoms with Crippen LogP contribution in [0.2, 0.25) is 5.02 Å². The molecule has 0 saturated heterocycles. The van der Waals surface area contributed by atoms with Gasteiger partial charge in [0.2, 0.25) is 0 Å². The predicted octanol–water partition coefficient (Wildman–Crippen LogP) is 10.8. The van der Waals surface area contributed by atoms with Gasteiger partial charge in [-0.05, 0) is 73.2 Å². The van der Waals surface area contributed by atoms with Crippen LogP contribution in [0.5, 0.6) is 0 Å². The molecule has 2 unspecified atom stereocenters. The molecule has 2 atom stereocenters. The van der Waals surface area contributed by atoms with Crippen molar-refractivity contribution in [1.29, 1.82) is 0 Å². The zero-order chi connectivity index (χ0) is 37.1. The summed E-state index contributed by atoms with van der Waals surface area (Å²) in [6, 6.07) is 13.6. The monoisotopic (exact) mass is 723 g/mol. The Morgan fingerprint density at radius 1 is 1.10 bits per heavy atom. The van der Waals surface area contributed by atoms with Crippen molar-refractivity contribution in [1.82, 2.24) is 14.3 Å². The quantitative estimate of drug-likeness (QED) is 0.150. The summed E-state index contributed by atoms with van der Waals surface area (Å²) < 4.78 is 57.3. The first kappa shape index (κ1) is 41.9. The topological polar surface area (TPSA) is 56.1 Å². The molecule has 266 valence electrons. The predicted molar refractivity (Wildman–Crippen MR) is 205 cm³/mol. The maximum absolute atomic E-state index is 12.3. The molecule has 5 nitrogen and oxygen atoms in total. The maximum atomic E-state index is 12.3. The summed E-state index contributed by atoms with van der Waals surface area (Å²) >= 11 is 6.13. The van der Waals surface area contributed by atoms with Gasteiger partial charge in [0.25, 0.3) is 0 Å². The SMILES string of the molecule is C=C/C=C/CC=Cc1nc(-c2ccc(Cl)cc2C)cn1Cc1ccc(COC)cc1.C=CC=CC(/C=C(\C)C(=C)/C=C\C)NS(=O)C(F)(F)F. The number of hydrogen-bond acceptors (Lipinski definition) is 3. The molecule has 1 aromatic heterocycles. The van der Waals surface area contributed by atoms with Crippen LogP contribution in [-0.4, -0.2) is 32.4 Å². The summed E-state index contributed by atoms with van der Waals surface area (Å²) in [7, 11) is -1.42. The lowest BCUT2D eigenvalue weighted by atomic mass is 10.1. The van der Waals surface area contributed by atoms with E-state index in [1.54, 1.807) is 32.3 Å². The van der Waals surface area contributed by atoms with Gasteiger partial charge in [-0.1, -0.05) is 122 Å². The Bertz CT molecular complexity index is 1750. The molecule has 0 fully saturated rings. The third kappa shape index (κ3) is 14.7. The van der Waals surface area contributed by atoms with Gasteiger partial charge in [-0.3, -0.25) is 0 Å². The highest BCUT2D eigenvalue weighted by Crippen LogP contribution is 2.26. The highest BCUT2D eigenvalue weighted by Gasteiger charge is 2.37. The largest absolute Gasteiger partial charge is 0.485 e. The number of imidazole rings is 1. The number of rotatable bonds is 16. The van der Waals surface area contributed by atoms with E-state index in [0.29, 0.717) is 17.8 Å². The van der Waals surface area contributed by atoms with Crippen molar-refractivity contribution in [3.63, 3.8) is 0 Å². The van der Waals surface area contributed by atoms with Crippen molar-refractivity contribution in [2.75, 3.05) is 7.11 Å². The average molecular weight is 724 g/mol. The van der Waals surface area contributed by atoms with Crippen molar-refractivity contribution in [2.45, 2.75) is 51.9 Å². The summed E-state index contributed by atoms with van der Waals surface area (Å²) in [5.74, 6) is 0.923. The summed E-state index contributed by atoms with van der Waals surface area (Å²) in [4.78, 5) is 4.90. The van der Waals surface area contributed by atoms with Gasteiger partial charge in [0.05, 0.1) is 18.3 Å². The number of hydrogen-bond donors (Lipinski definition) is 1. The highest BCUT2D eigenvalue weighted by molar-refractivity contribution is 7.83. The summed E-state index contributed by atoms with van der Waals surface area (Å²) in [5.41, 5.74) is 2.09. The Labute approximate surface area is 302 Å². The number of alkyl halides is 3. The number of halogens is 4. The number of benzene rings is 2. The molecule has 0 spiro atoms. The van der Waals surface area contributed by atoms with Crippen LogP contribution in [-0.2, 0) is 28.9 Å². The van der Waals surface area contributed by atoms with Crippen molar-refractivity contribution < 1.29 is 22.1 Å². The van der Waals surface area contributed by atoms with E-state index in [1.165, 1.54) is 35.4 Å². The van der Waals surface area contributed by atoms with Gasteiger partial charge in [0.1, 0.15) is 5.82 Å². The molecule has 0 aliphatic carbocycles. The van der Waals surface area contributed by atoms with E-state index in [9.17, 15) is 17.4 Å². The van der Waals surface area contributed by atoms with Gasteiger partial charge in [-0.25, -0.2) is 13.9 Å². The van der Waals surface area contributed by atoms with Crippen LogP contribution in [0.3, 0.4) is 0 Å². The molecule has 1 heterocycles. The fraction of sp³-hybridized carbons (Fsp3) is 0.225. The molecule has 1 N–H and O–H groups in total.